The van der Waals surface area contributed by atoms with Gasteiger partial charge in [0.25, 0.3) is 5.91 Å². The summed E-state index contributed by atoms with van der Waals surface area (Å²) in [4.78, 5) is 29.2. The van der Waals surface area contributed by atoms with Crippen molar-refractivity contribution in [3.8, 4) is 0 Å². The van der Waals surface area contributed by atoms with E-state index in [-0.39, 0.29) is 24.2 Å². The van der Waals surface area contributed by atoms with E-state index in [1.165, 1.54) is 11.3 Å². The fourth-order valence-electron chi connectivity index (χ4n) is 2.32. The predicted molar refractivity (Wildman–Crippen MR) is 104 cm³/mol. The van der Waals surface area contributed by atoms with Crippen LogP contribution < -0.4 is 10.6 Å². The summed E-state index contributed by atoms with van der Waals surface area (Å²) in [7, 11) is 0. The summed E-state index contributed by atoms with van der Waals surface area (Å²) >= 11 is 1.37. The number of hydrogen-bond donors (Lipinski definition) is 2. The summed E-state index contributed by atoms with van der Waals surface area (Å²) in [5.74, 6) is 0.931. The number of anilines is 2. The lowest BCUT2D eigenvalue weighted by molar-refractivity contribution is -0.116. The van der Waals surface area contributed by atoms with Crippen LogP contribution in [0.25, 0.3) is 0 Å². The molecule has 1 aromatic carbocycles. The molecule has 2 N–H and O–H groups in total. The van der Waals surface area contributed by atoms with Crippen molar-refractivity contribution in [3.05, 3.63) is 58.4 Å². The van der Waals surface area contributed by atoms with Crippen LogP contribution in [0, 0.1) is 0 Å². The molecule has 2 aromatic heterocycles. The molecule has 8 heteroatoms. The topological polar surface area (TPSA) is 97.1 Å². The summed E-state index contributed by atoms with van der Waals surface area (Å²) in [6.07, 6.45) is 0.603. The number of carbonyl (C=O) groups excluding carboxylic acids is 2. The maximum atomic E-state index is 12.2. The Morgan fingerprint density at radius 2 is 1.93 bits per heavy atom. The van der Waals surface area contributed by atoms with Crippen LogP contribution >= 0.6 is 11.3 Å². The summed E-state index contributed by atoms with van der Waals surface area (Å²) < 4.78 is 5.14. The Morgan fingerprint density at radius 3 is 2.59 bits per heavy atom. The average molecular weight is 384 g/mol. The molecule has 0 saturated carbocycles. The number of carbonyl (C=O) groups is 2. The highest BCUT2D eigenvalue weighted by Gasteiger charge is 2.12. The summed E-state index contributed by atoms with van der Waals surface area (Å²) in [5.41, 5.74) is 1.22. The average Bonchev–Trinajstić information content (AvgIpc) is 3.32. The minimum absolute atomic E-state index is 0.166. The normalized spacial score (nSPS) is 10.8. The first-order valence-corrected chi connectivity index (χ1v) is 9.46. The van der Waals surface area contributed by atoms with E-state index in [0.29, 0.717) is 34.4 Å². The Bertz CT molecular complexity index is 919. The predicted octanol–water partition coefficient (Wildman–Crippen LogP) is 4.08. The largest absolute Gasteiger partial charge is 0.339 e. The molecule has 3 rings (SSSR count). The van der Waals surface area contributed by atoms with E-state index in [0.717, 1.165) is 0 Å². The first-order valence-electron chi connectivity index (χ1n) is 8.58. The third kappa shape index (κ3) is 5.24. The Morgan fingerprint density at radius 1 is 1.15 bits per heavy atom. The highest BCUT2D eigenvalue weighted by molar-refractivity contribution is 7.12. The molecule has 140 valence electrons. The monoisotopic (exact) mass is 384 g/mol. The molecule has 0 saturated heterocycles. The van der Waals surface area contributed by atoms with E-state index < -0.39 is 0 Å². The number of aryl methyl sites for hydroxylation is 1. The summed E-state index contributed by atoms with van der Waals surface area (Å²) in [5, 5.41) is 11.4. The van der Waals surface area contributed by atoms with Crippen molar-refractivity contribution < 1.29 is 14.1 Å². The standard InChI is InChI=1S/C19H20N4O3S/c1-12(2)18-22-17(26-23-18)9-8-16(24)20-13-5-3-6-14(11-13)21-19(25)15-7-4-10-27-15/h3-7,10-12H,8-9H2,1-2H3,(H,20,24)(H,21,25). The van der Waals surface area contributed by atoms with Crippen LogP contribution in [0.15, 0.2) is 46.3 Å². The molecular weight excluding hydrogens is 364 g/mol. The van der Waals surface area contributed by atoms with Crippen LogP contribution in [-0.4, -0.2) is 22.0 Å². The van der Waals surface area contributed by atoms with Gasteiger partial charge >= 0.3 is 0 Å². The number of hydrogen-bond acceptors (Lipinski definition) is 6. The summed E-state index contributed by atoms with van der Waals surface area (Å²) in [6, 6.07) is 10.6. The SMILES string of the molecule is CC(C)c1noc(CCC(=O)Nc2cccc(NC(=O)c3cccs3)c2)n1. The van der Waals surface area contributed by atoms with Crippen molar-refractivity contribution in [2.45, 2.75) is 32.6 Å². The second-order valence-corrected chi connectivity index (χ2v) is 7.21. The molecule has 0 atom stereocenters. The van der Waals surface area contributed by atoms with Gasteiger partial charge in [-0.25, -0.2) is 0 Å². The fourth-order valence-corrected chi connectivity index (χ4v) is 2.94. The minimum atomic E-state index is -0.175. The van der Waals surface area contributed by atoms with Gasteiger partial charge in [0, 0.05) is 30.1 Å². The smallest absolute Gasteiger partial charge is 0.265 e. The van der Waals surface area contributed by atoms with Crippen molar-refractivity contribution in [1.29, 1.82) is 0 Å². The molecule has 0 aliphatic rings. The van der Waals surface area contributed by atoms with E-state index in [2.05, 4.69) is 20.8 Å². The van der Waals surface area contributed by atoms with Gasteiger partial charge in [-0.3, -0.25) is 9.59 Å². The minimum Gasteiger partial charge on any atom is -0.339 e. The van der Waals surface area contributed by atoms with Crippen molar-refractivity contribution in [1.82, 2.24) is 10.1 Å². The number of benzene rings is 1. The van der Waals surface area contributed by atoms with Crippen molar-refractivity contribution >= 4 is 34.5 Å². The van der Waals surface area contributed by atoms with Crippen LogP contribution in [0.5, 0.6) is 0 Å². The lowest BCUT2D eigenvalue weighted by Gasteiger charge is -2.08. The van der Waals surface area contributed by atoms with Gasteiger partial charge in [-0.15, -0.1) is 11.3 Å². The van der Waals surface area contributed by atoms with Gasteiger partial charge in [0.15, 0.2) is 5.82 Å². The number of amides is 2. The van der Waals surface area contributed by atoms with Gasteiger partial charge in [-0.1, -0.05) is 31.1 Å². The van der Waals surface area contributed by atoms with E-state index in [1.54, 1.807) is 30.3 Å². The molecule has 7 nitrogen and oxygen atoms in total. The van der Waals surface area contributed by atoms with E-state index in [4.69, 9.17) is 4.52 Å². The summed E-state index contributed by atoms with van der Waals surface area (Å²) in [6.45, 7) is 3.96. The van der Waals surface area contributed by atoms with Gasteiger partial charge < -0.3 is 15.2 Å². The van der Waals surface area contributed by atoms with Gasteiger partial charge in [0.2, 0.25) is 11.8 Å². The van der Waals surface area contributed by atoms with Crippen LogP contribution in [0.2, 0.25) is 0 Å². The molecule has 2 amide bonds. The number of nitrogens with zero attached hydrogens (tertiary/aromatic N) is 2. The van der Waals surface area contributed by atoms with Crippen LogP contribution in [0.3, 0.4) is 0 Å². The molecule has 27 heavy (non-hydrogen) atoms. The molecule has 0 fully saturated rings. The fraction of sp³-hybridized carbons (Fsp3) is 0.263. The maximum absolute atomic E-state index is 12.2. The maximum Gasteiger partial charge on any atom is 0.265 e. The number of aromatic nitrogens is 2. The molecule has 0 unspecified atom stereocenters. The Balaban J connectivity index is 1.53. The van der Waals surface area contributed by atoms with Crippen molar-refractivity contribution in [2.24, 2.45) is 0 Å². The quantitative estimate of drug-likeness (QED) is 0.640. The first-order chi connectivity index (χ1) is 13.0. The van der Waals surface area contributed by atoms with E-state index >= 15 is 0 Å². The first kappa shape index (κ1) is 18.8. The van der Waals surface area contributed by atoms with Crippen molar-refractivity contribution in [3.63, 3.8) is 0 Å². The Hall–Kier alpha value is -3.00. The Kier molecular flexibility index (Phi) is 5.97. The zero-order valence-electron chi connectivity index (χ0n) is 15.1. The zero-order chi connectivity index (χ0) is 19.2. The molecule has 0 radical (unpaired) electrons. The van der Waals surface area contributed by atoms with Gasteiger partial charge in [-0.05, 0) is 29.6 Å². The van der Waals surface area contributed by atoms with Gasteiger partial charge in [-0.2, -0.15) is 4.98 Å². The molecular formula is C19H20N4O3S. The lowest BCUT2D eigenvalue weighted by Crippen LogP contribution is -2.13. The van der Waals surface area contributed by atoms with E-state index in [1.807, 2.05) is 25.3 Å². The molecule has 0 bridgehead atoms. The molecule has 0 spiro atoms. The second kappa shape index (κ2) is 8.59. The van der Waals surface area contributed by atoms with Gasteiger partial charge in [0.1, 0.15) is 0 Å². The van der Waals surface area contributed by atoms with Crippen LogP contribution in [-0.2, 0) is 11.2 Å². The van der Waals surface area contributed by atoms with Gasteiger partial charge in [0.05, 0.1) is 4.88 Å². The number of rotatable bonds is 7. The lowest BCUT2D eigenvalue weighted by atomic mass is 10.2. The second-order valence-electron chi connectivity index (χ2n) is 6.26. The third-order valence-electron chi connectivity index (χ3n) is 3.72. The molecule has 2 heterocycles. The molecule has 0 aliphatic heterocycles. The highest BCUT2D eigenvalue weighted by atomic mass is 32.1. The molecule has 3 aromatic rings. The van der Waals surface area contributed by atoms with Crippen molar-refractivity contribution in [2.75, 3.05) is 10.6 Å². The third-order valence-corrected chi connectivity index (χ3v) is 4.58. The molecule has 0 aliphatic carbocycles. The number of thiophene rings is 1. The Labute approximate surface area is 160 Å². The zero-order valence-corrected chi connectivity index (χ0v) is 15.9. The van der Waals surface area contributed by atoms with E-state index in [9.17, 15) is 9.59 Å². The van der Waals surface area contributed by atoms with Crippen LogP contribution in [0.1, 0.15) is 47.6 Å². The number of nitrogens with one attached hydrogen (secondary N) is 2. The van der Waals surface area contributed by atoms with Crippen LogP contribution in [0.4, 0.5) is 11.4 Å². The highest BCUT2D eigenvalue weighted by Crippen LogP contribution is 2.18.